The summed E-state index contributed by atoms with van der Waals surface area (Å²) in [6.07, 6.45) is 0. The van der Waals surface area contributed by atoms with Crippen LogP contribution >= 0.6 is 23.1 Å². The second-order valence-electron chi connectivity index (χ2n) is 5.03. The zero-order chi connectivity index (χ0) is 16.9. The second-order valence-corrected chi connectivity index (χ2v) is 6.95. The van der Waals surface area contributed by atoms with Gasteiger partial charge in [-0.1, -0.05) is 53.4 Å². The minimum Gasteiger partial charge on any atom is -0.394 e. The monoisotopic (exact) mass is 387 g/mol. The van der Waals surface area contributed by atoms with Gasteiger partial charge in [-0.15, -0.1) is 0 Å². The number of nitrogens with one attached hydrogen (secondary N) is 2. The topological polar surface area (TPSA) is 111 Å². The Morgan fingerprint density at radius 1 is 1.20 bits per heavy atom. The molecular weight excluding hydrogens is 371 g/mol. The van der Waals surface area contributed by atoms with Crippen LogP contribution in [-0.4, -0.2) is 44.4 Å². The van der Waals surface area contributed by atoms with Gasteiger partial charge in [0.1, 0.15) is 4.70 Å². The number of H-pyrrole nitrogens is 1. The molecule has 0 aliphatic carbocycles. The molecule has 0 spiro atoms. The smallest absolute Gasteiger partial charge is 0.394 e. The summed E-state index contributed by atoms with van der Waals surface area (Å²) in [5.74, 6) is 1.14. The normalized spacial score (nSPS) is 10.8. The van der Waals surface area contributed by atoms with E-state index < -0.39 is 6.04 Å². The Morgan fingerprint density at radius 3 is 2.60 bits per heavy atom. The summed E-state index contributed by atoms with van der Waals surface area (Å²) in [6.45, 7) is -0.485. The number of rotatable bonds is 7. The molecule has 3 aromatic rings. The van der Waals surface area contributed by atoms with Crippen LogP contribution in [0.15, 0.2) is 40.3 Å². The molecule has 2 aromatic heterocycles. The van der Waals surface area contributed by atoms with E-state index in [-0.39, 0.29) is 47.6 Å². The molecule has 3 rings (SSSR count). The first kappa shape index (κ1) is 20.4. The summed E-state index contributed by atoms with van der Waals surface area (Å²) in [6, 6.07) is 9.38. The predicted octanol–water partition coefficient (Wildman–Crippen LogP) is -1.56. The van der Waals surface area contributed by atoms with Crippen molar-refractivity contribution in [3.8, 4) is 0 Å². The molecule has 1 aromatic carbocycles. The number of thiazole rings is 1. The Kier molecular flexibility index (Phi) is 7.88. The molecule has 0 saturated carbocycles. The molecule has 0 fully saturated rings. The number of hydrogen-bond donors (Lipinski definition) is 4. The van der Waals surface area contributed by atoms with Crippen molar-refractivity contribution in [2.24, 2.45) is 0 Å². The van der Waals surface area contributed by atoms with E-state index in [9.17, 15) is 15.0 Å². The molecule has 25 heavy (non-hydrogen) atoms. The van der Waals surface area contributed by atoms with E-state index in [4.69, 9.17) is 0 Å². The minimum absolute atomic E-state index is 0. The van der Waals surface area contributed by atoms with Crippen LogP contribution in [0.25, 0.3) is 10.3 Å². The van der Waals surface area contributed by atoms with E-state index in [0.717, 1.165) is 16.9 Å². The molecule has 126 valence electrons. The Bertz CT molecular complexity index is 868. The number of fused-ring (bicyclic) bond motifs is 1. The van der Waals surface area contributed by atoms with Crippen molar-refractivity contribution in [3.05, 3.63) is 45.6 Å². The number of thioether (sulfide) groups is 1. The fourth-order valence-corrected chi connectivity index (χ4v) is 3.58. The molecule has 0 radical (unpaired) electrons. The first-order valence-corrected chi connectivity index (χ1v) is 9.05. The molecule has 0 amide bonds. The summed E-state index contributed by atoms with van der Waals surface area (Å²) >= 11 is 2.44. The van der Waals surface area contributed by atoms with Gasteiger partial charge in [0.15, 0.2) is 16.6 Å². The summed E-state index contributed by atoms with van der Waals surface area (Å²) in [5.41, 5.74) is 1.59. The Morgan fingerprint density at radius 2 is 1.92 bits per heavy atom. The Balaban J connectivity index is 0.00000225. The van der Waals surface area contributed by atoms with Crippen molar-refractivity contribution < 1.29 is 39.8 Å². The van der Waals surface area contributed by atoms with Crippen LogP contribution in [-0.2, 0) is 5.75 Å². The van der Waals surface area contributed by atoms with E-state index in [0.29, 0.717) is 27.1 Å². The van der Waals surface area contributed by atoms with E-state index in [1.54, 1.807) is 0 Å². The second kappa shape index (κ2) is 9.67. The summed E-state index contributed by atoms with van der Waals surface area (Å²) in [7, 11) is 0. The molecule has 0 bridgehead atoms. The van der Waals surface area contributed by atoms with Gasteiger partial charge >= 0.3 is 34.4 Å². The van der Waals surface area contributed by atoms with Gasteiger partial charge in [0.2, 0.25) is 0 Å². The number of aromatic amines is 1. The average molecular weight is 387 g/mol. The number of nitrogens with zero attached hydrogens (tertiary/aromatic N) is 2. The predicted molar refractivity (Wildman–Crippen MR) is 95.6 cm³/mol. The van der Waals surface area contributed by atoms with Crippen molar-refractivity contribution in [1.82, 2.24) is 15.0 Å². The summed E-state index contributed by atoms with van der Waals surface area (Å²) in [5, 5.41) is 22.0. The number of benzene rings is 1. The molecule has 7 nitrogen and oxygen atoms in total. The molecule has 0 atom stereocenters. The van der Waals surface area contributed by atoms with Gasteiger partial charge in [-0.3, -0.25) is 9.78 Å². The van der Waals surface area contributed by atoms with Crippen molar-refractivity contribution in [1.29, 1.82) is 0 Å². The van der Waals surface area contributed by atoms with Crippen LogP contribution in [0.3, 0.4) is 0 Å². The summed E-state index contributed by atoms with van der Waals surface area (Å²) in [4.78, 5) is 22.9. The van der Waals surface area contributed by atoms with E-state index in [1.807, 2.05) is 30.3 Å². The number of anilines is 1. The van der Waals surface area contributed by atoms with Gasteiger partial charge in [-0.05, 0) is 5.56 Å². The van der Waals surface area contributed by atoms with Gasteiger partial charge in [0.05, 0.1) is 19.3 Å². The van der Waals surface area contributed by atoms with Crippen molar-refractivity contribution in [2.75, 3.05) is 18.5 Å². The van der Waals surface area contributed by atoms with Crippen molar-refractivity contribution in [2.45, 2.75) is 17.0 Å². The first-order valence-electron chi connectivity index (χ1n) is 7.25. The van der Waals surface area contributed by atoms with Crippen LogP contribution in [0.4, 0.5) is 5.82 Å². The fourth-order valence-electron chi connectivity index (χ4n) is 2.05. The first-order chi connectivity index (χ1) is 11.7. The molecule has 0 aliphatic heterocycles. The number of aliphatic hydroxyl groups excluding tert-OH is 2. The largest absolute Gasteiger partial charge is 1.00 e. The molecule has 10 heteroatoms. The quantitative estimate of drug-likeness (QED) is 0.220. The molecular formula is C15H16N4NaO3S2+. The third kappa shape index (κ3) is 5.27. The number of aliphatic hydroxyl groups is 2. The maximum atomic E-state index is 11.6. The van der Waals surface area contributed by atoms with Crippen LogP contribution in [0.2, 0.25) is 0 Å². The van der Waals surface area contributed by atoms with E-state index in [1.165, 1.54) is 11.8 Å². The van der Waals surface area contributed by atoms with Crippen LogP contribution < -0.4 is 39.7 Å². The minimum atomic E-state index is -0.549. The van der Waals surface area contributed by atoms with Gasteiger partial charge in [-0.25, -0.2) is 9.97 Å². The van der Waals surface area contributed by atoms with Gasteiger partial charge in [-0.2, -0.15) is 0 Å². The maximum Gasteiger partial charge on any atom is 1.00 e. The molecule has 0 aliphatic rings. The fraction of sp³-hybridized carbons (Fsp3) is 0.267. The zero-order valence-corrected chi connectivity index (χ0v) is 17.2. The zero-order valence-electron chi connectivity index (χ0n) is 13.6. The molecule has 0 saturated heterocycles. The van der Waals surface area contributed by atoms with E-state index >= 15 is 0 Å². The van der Waals surface area contributed by atoms with Crippen LogP contribution in [0, 0.1) is 0 Å². The molecule has 0 unspecified atom stereocenters. The van der Waals surface area contributed by atoms with Crippen molar-refractivity contribution >= 4 is 39.3 Å². The number of aromatic nitrogens is 3. The maximum absolute atomic E-state index is 11.6. The van der Waals surface area contributed by atoms with Crippen LogP contribution in [0.1, 0.15) is 5.56 Å². The molecule has 2 heterocycles. The van der Waals surface area contributed by atoms with Gasteiger partial charge < -0.3 is 15.5 Å². The third-order valence-electron chi connectivity index (χ3n) is 3.25. The Hall–Kier alpha value is -0.940. The third-order valence-corrected chi connectivity index (χ3v) is 5.05. The SMILES string of the molecule is O=c1[nH]c2nc(SCc3ccccc3)nc(NC(CO)CO)c2s1.[Na+]. The van der Waals surface area contributed by atoms with Crippen LogP contribution in [0.5, 0.6) is 0 Å². The summed E-state index contributed by atoms with van der Waals surface area (Å²) < 4.78 is 0.580. The van der Waals surface area contributed by atoms with Gasteiger partial charge in [0.25, 0.3) is 0 Å². The van der Waals surface area contributed by atoms with Crippen molar-refractivity contribution in [3.63, 3.8) is 0 Å². The molecule has 4 N–H and O–H groups in total. The standard InChI is InChI=1S/C15H16N4O3S2.Na/c20-6-10(7-21)16-12-11-13(19-15(22)24-11)18-14(17-12)23-8-9-4-2-1-3-5-9;/h1-5,10,20-21H,6-8H2,(H2,16,17,18,19,22);/q;+1. The van der Waals surface area contributed by atoms with E-state index in [2.05, 4.69) is 20.3 Å². The Labute approximate surface area is 174 Å². The van der Waals surface area contributed by atoms with Gasteiger partial charge in [0, 0.05) is 5.75 Å². The number of hydrogen-bond acceptors (Lipinski definition) is 8. The average Bonchev–Trinajstić information content (AvgIpc) is 2.99.